The van der Waals surface area contributed by atoms with Gasteiger partial charge in [0.2, 0.25) is 5.95 Å². The number of nitrogens with zero attached hydrogens (tertiary/aromatic N) is 4. The number of amides is 1. The molecule has 7 heteroatoms. The van der Waals surface area contributed by atoms with Gasteiger partial charge in [-0.3, -0.25) is 9.59 Å². The number of carboxylic acids is 1. The van der Waals surface area contributed by atoms with E-state index in [1.807, 2.05) is 85.6 Å². The lowest BCUT2D eigenvalue weighted by Crippen LogP contribution is -2.38. The molecule has 0 saturated heterocycles. The highest BCUT2D eigenvalue weighted by molar-refractivity contribution is 5.96. The van der Waals surface area contributed by atoms with Crippen LogP contribution in [0.15, 0.2) is 91.1 Å². The van der Waals surface area contributed by atoms with E-state index < -0.39 is 12.5 Å². The smallest absolute Gasteiger partial charge is 0.323 e. The van der Waals surface area contributed by atoms with Crippen LogP contribution in [-0.2, 0) is 24.1 Å². The molecule has 4 rings (SSSR count). The highest BCUT2D eigenvalue weighted by atomic mass is 16.4. The number of carbonyl (C=O) groups is 2. The Morgan fingerprint density at radius 3 is 2.05 bits per heavy atom. The molecular weight excluding hydrogens is 488 g/mol. The Kier molecular flexibility index (Phi) is 9.40. The number of carboxylic acid groups (broad SMARTS) is 1. The summed E-state index contributed by atoms with van der Waals surface area (Å²) >= 11 is 0. The van der Waals surface area contributed by atoms with Crippen LogP contribution < -0.4 is 4.90 Å². The van der Waals surface area contributed by atoms with E-state index in [2.05, 4.69) is 23.2 Å². The maximum atomic E-state index is 13.7. The molecule has 0 bridgehead atoms. The van der Waals surface area contributed by atoms with Gasteiger partial charge in [-0.15, -0.1) is 0 Å². The van der Waals surface area contributed by atoms with Crippen LogP contribution in [0.4, 0.5) is 5.95 Å². The van der Waals surface area contributed by atoms with Gasteiger partial charge in [0.1, 0.15) is 6.54 Å². The van der Waals surface area contributed by atoms with E-state index in [-0.39, 0.29) is 12.5 Å². The van der Waals surface area contributed by atoms with E-state index in [1.165, 1.54) is 10.5 Å². The van der Waals surface area contributed by atoms with Gasteiger partial charge in [0.15, 0.2) is 0 Å². The molecule has 3 aromatic carbocycles. The zero-order chi connectivity index (χ0) is 27.6. The Morgan fingerprint density at radius 1 is 0.821 bits per heavy atom. The third kappa shape index (κ3) is 7.98. The van der Waals surface area contributed by atoms with Gasteiger partial charge in [-0.25, -0.2) is 9.97 Å². The summed E-state index contributed by atoms with van der Waals surface area (Å²) in [6.07, 6.45) is 3.37. The van der Waals surface area contributed by atoms with Crippen molar-refractivity contribution in [2.75, 3.05) is 31.6 Å². The summed E-state index contributed by atoms with van der Waals surface area (Å²) in [4.78, 5) is 38.1. The lowest BCUT2D eigenvalue weighted by molar-refractivity contribution is -0.137. The van der Waals surface area contributed by atoms with Gasteiger partial charge in [0, 0.05) is 32.8 Å². The predicted molar refractivity (Wildman–Crippen MR) is 153 cm³/mol. The molecule has 7 nitrogen and oxygen atoms in total. The first-order valence-electron chi connectivity index (χ1n) is 13.1. The third-order valence-corrected chi connectivity index (χ3v) is 6.59. The lowest BCUT2D eigenvalue weighted by atomic mass is 10.0. The summed E-state index contributed by atoms with van der Waals surface area (Å²) in [5.74, 6) is -0.913. The molecule has 0 radical (unpaired) electrons. The van der Waals surface area contributed by atoms with E-state index in [9.17, 15) is 14.7 Å². The number of hydrogen-bond acceptors (Lipinski definition) is 5. The molecular formula is C32H34N4O3. The first kappa shape index (κ1) is 27.5. The zero-order valence-corrected chi connectivity index (χ0v) is 22.5. The van der Waals surface area contributed by atoms with E-state index in [4.69, 9.17) is 4.98 Å². The lowest BCUT2D eigenvalue weighted by Gasteiger charge is -2.23. The summed E-state index contributed by atoms with van der Waals surface area (Å²) in [7, 11) is 1.94. The van der Waals surface area contributed by atoms with Gasteiger partial charge in [-0.05, 0) is 36.5 Å². The van der Waals surface area contributed by atoms with E-state index in [0.717, 1.165) is 23.1 Å². The van der Waals surface area contributed by atoms with Crippen molar-refractivity contribution < 1.29 is 14.7 Å². The molecule has 0 atom stereocenters. The van der Waals surface area contributed by atoms with Crippen molar-refractivity contribution in [1.82, 2.24) is 14.9 Å². The number of benzene rings is 3. The average Bonchev–Trinajstić information content (AvgIpc) is 2.94. The molecule has 0 spiro atoms. The fourth-order valence-corrected chi connectivity index (χ4v) is 4.46. The zero-order valence-electron chi connectivity index (χ0n) is 22.5. The summed E-state index contributed by atoms with van der Waals surface area (Å²) in [6, 6.07) is 28.0. The number of aryl methyl sites for hydroxylation is 1. The van der Waals surface area contributed by atoms with Crippen molar-refractivity contribution >= 4 is 17.8 Å². The largest absolute Gasteiger partial charge is 0.480 e. The van der Waals surface area contributed by atoms with Gasteiger partial charge < -0.3 is 14.9 Å². The number of anilines is 1. The molecule has 0 aliphatic rings. The van der Waals surface area contributed by atoms with Crippen LogP contribution in [0, 0.1) is 6.92 Å². The van der Waals surface area contributed by atoms with Crippen molar-refractivity contribution in [3.8, 4) is 0 Å². The summed E-state index contributed by atoms with van der Waals surface area (Å²) in [5.41, 5.74) is 5.30. The van der Waals surface area contributed by atoms with E-state index in [0.29, 0.717) is 36.6 Å². The summed E-state index contributed by atoms with van der Waals surface area (Å²) in [6.45, 7) is 2.62. The van der Waals surface area contributed by atoms with Gasteiger partial charge in [0.05, 0.1) is 11.3 Å². The number of aliphatic carboxylic acids is 1. The Labute approximate surface area is 229 Å². The Balaban J connectivity index is 1.61. The van der Waals surface area contributed by atoms with Gasteiger partial charge in [0.25, 0.3) is 5.91 Å². The van der Waals surface area contributed by atoms with Crippen molar-refractivity contribution in [1.29, 1.82) is 0 Å². The van der Waals surface area contributed by atoms with Crippen molar-refractivity contribution in [3.05, 3.63) is 125 Å². The second-order valence-corrected chi connectivity index (χ2v) is 9.71. The van der Waals surface area contributed by atoms with E-state index in [1.54, 1.807) is 6.20 Å². The fourth-order valence-electron chi connectivity index (χ4n) is 4.46. The highest BCUT2D eigenvalue weighted by Crippen LogP contribution is 2.19. The Hall–Kier alpha value is -4.52. The molecule has 1 aromatic heterocycles. The monoisotopic (exact) mass is 522 g/mol. The second-order valence-electron chi connectivity index (χ2n) is 9.71. The van der Waals surface area contributed by atoms with Crippen LogP contribution in [-0.4, -0.2) is 58.5 Å². The van der Waals surface area contributed by atoms with E-state index >= 15 is 0 Å². The minimum Gasteiger partial charge on any atom is -0.480 e. The fraction of sp³-hybridized carbons (Fsp3) is 0.250. The third-order valence-electron chi connectivity index (χ3n) is 6.59. The number of hydrogen-bond donors (Lipinski definition) is 1. The summed E-state index contributed by atoms with van der Waals surface area (Å²) < 4.78 is 0. The molecule has 0 aliphatic carbocycles. The number of carbonyl (C=O) groups excluding carboxylic acids is 1. The van der Waals surface area contributed by atoms with Crippen LogP contribution in [0.25, 0.3) is 0 Å². The molecule has 200 valence electrons. The first-order valence-corrected chi connectivity index (χ1v) is 13.1. The second kappa shape index (κ2) is 13.3. The number of rotatable bonds is 12. The Bertz CT molecular complexity index is 1390. The predicted octanol–water partition coefficient (Wildman–Crippen LogP) is 4.82. The van der Waals surface area contributed by atoms with Crippen molar-refractivity contribution in [2.24, 2.45) is 0 Å². The first-order chi connectivity index (χ1) is 18.9. The quantitative estimate of drug-likeness (QED) is 0.287. The molecule has 1 amide bonds. The average molecular weight is 523 g/mol. The van der Waals surface area contributed by atoms with Gasteiger partial charge in [-0.2, -0.15) is 0 Å². The van der Waals surface area contributed by atoms with Gasteiger partial charge >= 0.3 is 5.97 Å². The normalized spacial score (nSPS) is 10.7. The maximum absolute atomic E-state index is 13.7. The standard InChI is InChI=1S/C32H34N4O3/c1-24-10-9-15-27(20-24)21-29-28(22-33-32(34-29)35(2)18-16-25-11-5-3-6-12-25)31(39)36(23-30(37)38)19-17-26-13-7-4-8-14-26/h3-15,20,22H,16-19,21,23H2,1-2H3,(H,37,38). The minimum absolute atomic E-state index is 0.276. The van der Waals surface area contributed by atoms with Crippen LogP contribution in [0.3, 0.4) is 0 Å². The number of aromatic nitrogens is 2. The van der Waals surface area contributed by atoms with Gasteiger partial charge in [-0.1, -0.05) is 90.5 Å². The Morgan fingerprint density at radius 2 is 1.44 bits per heavy atom. The molecule has 0 fully saturated rings. The molecule has 0 aliphatic heterocycles. The molecule has 1 N–H and O–H groups in total. The minimum atomic E-state index is -1.06. The van der Waals surface area contributed by atoms with Crippen LogP contribution in [0.1, 0.15) is 38.3 Å². The van der Waals surface area contributed by atoms with Crippen molar-refractivity contribution in [3.63, 3.8) is 0 Å². The van der Waals surface area contributed by atoms with Crippen LogP contribution in [0.2, 0.25) is 0 Å². The SMILES string of the molecule is Cc1cccc(Cc2nc(N(C)CCc3ccccc3)ncc2C(=O)N(CCc2ccccc2)CC(=O)O)c1. The maximum Gasteiger partial charge on any atom is 0.323 e. The highest BCUT2D eigenvalue weighted by Gasteiger charge is 2.24. The molecule has 0 saturated carbocycles. The molecule has 39 heavy (non-hydrogen) atoms. The molecule has 0 unspecified atom stereocenters. The molecule has 1 heterocycles. The molecule has 4 aromatic rings. The van der Waals surface area contributed by atoms with Crippen LogP contribution >= 0.6 is 0 Å². The number of likely N-dealkylation sites (N-methyl/N-ethyl adjacent to an activating group) is 1. The summed E-state index contributed by atoms with van der Waals surface area (Å²) in [5, 5.41) is 9.55. The topological polar surface area (TPSA) is 86.6 Å². The van der Waals surface area contributed by atoms with Crippen LogP contribution in [0.5, 0.6) is 0 Å². The van der Waals surface area contributed by atoms with Crippen molar-refractivity contribution in [2.45, 2.75) is 26.2 Å².